The molecule has 0 aromatic carbocycles. The van der Waals surface area contributed by atoms with Crippen LogP contribution in [-0.2, 0) is 16.0 Å². The van der Waals surface area contributed by atoms with E-state index in [1.165, 1.54) is 49.9 Å². The van der Waals surface area contributed by atoms with Gasteiger partial charge in [-0.15, -0.1) is 11.3 Å². The highest BCUT2D eigenvalue weighted by Crippen LogP contribution is 2.61. The lowest BCUT2D eigenvalue weighted by Gasteiger charge is -2.59. The summed E-state index contributed by atoms with van der Waals surface area (Å²) >= 11 is 1.47. The number of anilines is 1. The van der Waals surface area contributed by atoms with Crippen LogP contribution in [0, 0.1) is 23.2 Å². The van der Waals surface area contributed by atoms with Crippen molar-refractivity contribution >= 4 is 28.3 Å². The fraction of sp³-hybridized carbons (Fsp3) is 0.762. The van der Waals surface area contributed by atoms with E-state index < -0.39 is 0 Å². The van der Waals surface area contributed by atoms with Gasteiger partial charge in [-0.05, 0) is 75.0 Å². The molecule has 1 aromatic rings. The van der Waals surface area contributed by atoms with Gasteiger partial charge in [0.15, 0.2) is 5.13 Å². The number of hydrogen-bond donors (Lipinski definition) is 1. The Labute approximate surface area is 164 Å². The second-order valence-electron chi connectivity index (χ2n) is 9.52. The Morgan fingerprint density at radius 1 is 1.30 bits per heavy atom. The molecule has 146 valence electrons. The number of carbonyl (C=O) groups is 2. The third kappa shape index (κ3) is 3.20. The number of carbonyl (C=O) groups excluding carboxylic acids is 2. The molecule has 5 aliphatic rings. The molecule has 5 fully saturated rings. The Morgan fingerprint density at radius 2 is 1.96 bits per heavy atom. The molecule has 0 radical (unpaired) electrons. The number of nitrogens with one attached hydrogen (secondary N) is 1. The van der Waals surface area contributed by atoms with Crippen molar-refractivity contribution in [1.29, 1.82) is 0 Å². The highest BCUT2D eigenvalue weighted by molar-refractivity contribution is 7.14. The molecule has 1 aliphatic heterocycles. The number of rotatable bonds is 5. The van der Waals surface area contributed by atoms with Crippen LogP contribution in [0.4, 0.5) is 5.13 Å². The van der Waals surface area contributed by atoms with E-state index in [-0.39, 0.29) is 17.9 Å². The van der Waals surface area contributed by atoms with Crippen LogP contribution in [0.2, 0.25) is 0 Å². The van der Waals surface area contributed by atoms with E-state index in [9.17, 15) is 9.59 Å². The molecule has 1 atom stereocenters. The van der Waals surface area contributed by atoms with E-state index in [1.807, 2.05) is 5.38 Å². The molecule has 0 spiro atoms. The maximum absolute atomic E-state index is 12.7. The van der Waals surface area contributed by atoms with Crippen LogP contribution in [0.1, 0.15) is 64.0 Å². The maximum Gasteiger partial charge on any atom is 0.228 e. The van der Waals surface area contributed by atoms with Gasteiger partial charge in [0.1, 0.15) is 0 Å². The summed E-state index contributed by atoms with van der Waals surface area (Å²) in [6, 6.07) is 0.247. The topological polar surface area (TPSA) is 62.3 Å². The average molecular weight is 388 g/mol. The van der Waals surface area contributed by atoms with Crippen molar-refractivity contribution in [3.05, 3.63) is 11.1 Å². The normalized spacial score (nSPS) is 35.7. The van der Waals surface area contributed by atoms with Crippen molar-refractivity contribution in [3.63, 3.8) is 0 Å². The van der Waals surface area contributed by atoms with Gasteiger partial charge in [0.2, 0.25) is 11.8 Å². The van der Waals surface area contributed by atoms with Crippen molar-refractivity contribution in [2.24, 2.45) is 23.2 Å². The summed E-state index contributed by atoms with van der Waals surface area (Å²) < 4.78 is 0. The Hall–Kier alpha value is -1.43. The fourth-order valence-electron chi connectivity index (χ4n) is 6.67. The van der Waals surface area contributed by atoms with E-state index in [0.29, 0.717) is 18.3 Å². The minimum absolute atomic E-state index is 0.0721. The Bertz CT molecular complexity index is 723. The van der Waals surface area contributed by atoms with Crippen molar-refractivity contribution in [3.8, 4) is 0 Å². The number of thiazole rings is 1. The molecule has 4 bridgehead atoms. The molecule has 27 heavy (non-hydrogen) atoms. The van der Waals surface area contributed by atoms with Gasteiger partial charge in [-0.2, -0.15) is 0 Å². The zero-order valence-corrected chi connectivity index (χ0v) is 16.9. The number of aromatic nitrogens is 1. The molecular formula is C21H29N3O2S. The summed E-state index contributed by atoms with van der Waals surface area (Å²) in [5.41, 5.74) is 1.12. The minimum Gasteiger partial charge on any atom is -0.353 e. The molecule has 1 aromatic heterocycles. The first-order valence-corrected chi connectivity index (χ1v) is 11.4. The average Bonchev–Trinajstić information content (AvgIpc) is 3.22. The smallest absolute Gasteiger partial charge is 0.228 e. The van der Waals surface area contributed by atoms with Gasteiger partial charge in [-0.1, -0.05) is 0 Å². The number of amides is 2. The largest absolute Gasteiger partial charge is 0.353 e. The van der Waals surface area contributed by atoms with Gasteiger partial charge in [-0.25, -0.2) is 4.98 Å². The first-order chi connectivity index (χ1) is 13.0. The zero-order valence-electron chi connectivity index (χ0n) is 16.1. The third-order valence-corrected chi connectivity index (χ3v) is 8.48. The van der Waals surface area contributed by atoms with Crippen LogP contribution in [-0.4, -0.2) is 29.4 Å². The van der Waals surface area contributed by atoms with E-state index >= 15 is 0 Å². The molecule has 2 heterocycles. The standard InChI is InChI=1S/C21H29N3O2S/c1-13(21-9-14-5-15(10-21)7-16(6-14)11-21)22-18(25)8-17-12-27-20(23-17)24-4-2-3-19(24)26/h12-16H,2-11H2,1H3,(H,22,25)/t13-,14?,15?,16?,21?/m1/s1. The van der Waals surface area contributed by atoms with E-state index in [1.54, 1.807) is 4.90 Å². The van der Waals surface area contributed by atoms with Gasteiger partial charge >= 0.3 is 0 Å². The second kappa shape index (κ2) is 6.57. The van der Waals surface area contributed by atoms with Crippen molar-refractivity contribution in [2.45, 2.75) is 70.8 Å². The molecule has 2 amide bonds. The predicted molar refractivity (Wildman–Crippen MR) is 106 cm³/mol. The predicted octanol–water partition coefficient (Wildman–Crippen LogP) is 3.53. The molecular weight excluding hydrogens is 358 g/mol. The fourth-order valence-corrected chi connectivity index (χ4v) is 7.54. The molecule has 4 aliphatic carbocycles. The second-order valence-corrected chi connectivity index (χ2v) is 10.4. The summed E-state index contributed by atoms with van der Waals surface area (Å²) in [4.78, 5) is 30.9. The van der Waals surface area contributed by atoms with Gasteiger partial charge in [-0.3, -0.25) is 14.5 Å². The first-order valence-electron chi connectivity index (χ1n) is 10.5. The lowest BCUT2D eigenvalue weighted by Crippen LogP contribution is -2.56. The quantitative estimate of drug-likeness (QED) is 0.841. The summed E-state index contributed by atoms with van der Waals surface area (Å²) in [6.07, 6.45) is 10.0. The minimum atomic E-state index is 0.0721. The SMILES string of the molecule is C[C@@H](NC(=O)Cc1csc(N2CCCC2=O)n1)C12CC3CC(CC(C3)C1)C2. The highest BCUT2D eigenvalue weighted by atomic mass is 32.1. The summed E-state index contributed by atoms with van der Waals surface area (Å²) in [7, 11) is 0. The molecule has 4 saturated carbocycles. The number of hydrogen-bond acceptors (Lipinski definition) is 4. The monoisotopic (exact) mass is 387 g/mol. The summed E-state index contributed by atoms with van der Waals surface area (Å²) in [5, 5.41) is 5.99. The maximum atomic E-state index is 12.7. The zero-order chi connectivity index (χ0) is 18.6. The van der Waals surface area contributed by atoms with Crippen molar-refractivity contribution < 1.29 is 9.59 Å². The van der Waals surface area contributed by atoms with Gasteiger partial charge in [0, 0.05) is 24.4 Å². The Morgan fingerprint density at radius 3 is 2.56 bits per heavy atom. The van der Waals surface area contributed by atoms with Crippen LogP contribution >= 0.6 is 11.3 Å². The molecule has 1 saturated heterocycles. The van der Waals surface area contributed by atoms with Gasteiger partial charge in [0.25, 0.3) is 0 Å². The first kappa shape index (κ1) is 17.7. The van der Waals surface area contributed by atoms with Gasteiger partial charge in [0.05, 0.1) is 12.1 Å². The van der Waals surface area contributed by atoms with Crippen LogP contribution in [0.5, 0.6) is 0 Å². The number of nitrogens with zero attached hydrogens (tertiary/aromatic N) is 2. The molecule has 5 nitrogen and oxygen atoms in total. The highest BCUT2D eigenvalue weighted by Gasteiger charge is 2.53. The van der Waals surface area contributed by atoms with Crippen LogP contribution in [0.25, 0.3) is 0 Å². The van der Waals surface area contributed by atoms with Crippen molar-refractivity contribution in [2.75, 3.05) is 11.4 Å². The lowest BCUT2D eigenvalue weighted by molar-refractivity contribution is -0.125. The molecule has 6 heteroatoms. The molecule has 6 rings (SSSR count). The van der Waals surface area contributed by atoms with Crippen LogP contribution in [0.3, 0.4) is 0 Å². The van der Waals surface area contributed by atoms with E-state index in [0.717, 1.165) is 41.5 Å². The Balaban J connectivity index is 1.21. The van der Waals surface area contributed by atoms with Crippen LogP contribution < -0.4 is 10.2 Å². The summed E-state index contributed by atoms with van der Waals surface area (Å²) in [5.74, 6) is 2.91. The van der Waals surface area contributed by atoms with Gasteiger partial charge < -0.3 is 5.32 Å². The van der Waals surface area contributed by atoms with E-state index in [2.05, 4.69) is 17.2 Å². The Kier molecular flexibility index (Phi) is 4.30. The van der Waals surface area contributed by atoms with E-state index in [4.69, 9.17) is 0 Å². The third-order valence-electron chi connectivity index (χ3n) is 7.57. The van der Waals surface area contributed by atoms with Crippen LogP contribution in [0.15, 0.2) is 5.38 Å². The van der Waals surface area contributed by atoms with Crippen molar-refractivity contribution in [1.82, 2.24) is 10.3 Å². The lowest BCUT2D eigenvalue weighted by atomic mass is 9.48. The molecule has 1 N–H and O–H groups in total. The summed E-state index contributed by atoms with van der Waals surface area (Å²) in [6.45, 7) is 2.97. The molecule has 0 unspecified atom stereocenters.